The van der Waals surface area contributed by atoms with E-state index < -0.39 is 5.97 Å². The van der Waals surface area contributed by atoms with Gasteiger partial charge in [0.2, 0.25) is 0 Å². The van der Waals surface area contributed by atoms with E-state index in [1.54, 1.807) is 24.3 Å². The highest BCUT2D eigenvalue weighted by atomic mass is 16.4. The summed E-state index contributed by atoms with van der Waals surface area (Å²) in [6.45, 7) is 0. The number of furan rings is 1. The van der Waals surface area contributed by atoms with Crippen LogP contribution in [0.25, 0.3) is 22.8 Å². The molecule has 188 valence electrons. The zero-order chi connectivity index (χ0) is 26.2. The number of anilines is 2. The molecule has 2 amide bonds. The third-order valence-corrected chi connectivity index (χ3v) is 6.99. The van der Waals surface area contributed by atoms with Crippen LogP contribution in [-0.2, 0) is 17.6 Å². The van der Waals surface area contributed by atoms with E-state index >= 15 is 0 Å². The monoisotopic (exact) mass is 504 g/mol. The molecule has 0 radical (unpaired) electrons. The molecule has 0 saturated carbocycles. The Morgan fingerprint density at radius 2 is 1.66 bits per heavy atom. The molecule has 0 saturated heterocycles. The first-order valence-corrected chi connectivity index (χ1v) is 12.5. The van der Waals surface area contributed by atoms with E-state index in [9.17, 15) is 14.4 Å². The van der Waals surface area contributed by atoms with Crippen LogP contribution in [0, 0.1) is 0 Å². The van der Waals surface area contributed by atoms with Crippen LogP contribution >= 0.6 is 0 Å². The smallest absolute Gasteiger partial charge is 0.335 e. The van der Waals surface area contributed by atoms with E-state index in [-0.39, 0.29) is 17.4 Å². The summed E-state index contributed by atoms with van der Waals surface area (Å²) in [5.74, 6) is -0.0274. The molecule has 2 aliphatic rings. The number of hydrogen-bond acceptors (Lipinski definition) is 4. The Hall–Kier alpha value is -4.91. The summed E-state index contributed by atoms with van der Waals surface area (Å²) in [5, 5.41) is 14.8. The molecule has 0 bridgehead atoms. The van der Waals surface area contributed by atoms with Crippen LogP contribution in [0.15, 0.2) is 77.2 Å². The minimum Gasteiger partial charge on any atom is -0.478 e. The van der Waals surface area contributed by atoms with Gasteiger partial charge < -0.3 is 20.2 Å². The quantitative estimate of drug-likeness (QED) is 0.278. The first kappa shape index (κ1) is 23.5. The molecule has 0 spiro atoms. The van der Waals surface area contributed by atoms with E-state index in [4.69, 9.17) is 9.52 Å². The van der Waals surface area contributed by atoms with Crippen molar-refractivity contribution in [2.45, 2.75) is 25.7 Å². The number of fused-ring (bicyclic) bond motifs is 2. The van der Waals surface area contributed by atoms with Crippen molar-refractivity contribution < 1.29 is 23.9 Å². The largest absolute Gasteiger partial charge is 0.478 e. The number of amides is 2. The van der Waals surface area contributed by atoms with Gasteiger partial charge in [-0.05, 0) is 73.4 Å². The number of aryl methyl sites for hydroxylation is 1. The minimum absolute atomic E-state index is 0.105. The highest BCUT2D eigenvalue weighted by molar-refractivity contribution is 6.35. The average molecular weight is 505 g/mol. The highest BCUT2D eigenvalue weighted by Crippen LogP contribution is 2.41. The number of hydrogen-bond donors (Lipinski definition) is 3. The van der Waals surface area contributed by atoms with Crippen LogP contribution in [-0.4, -0.2) is 22.9 Å². The third kappa shape index (κ3) is 4.28. The van der Waals surface area contributed by atoms with Crippen LogP contribution in [0.5, 0.6) is 0 Å². The summed E-state index contributed by atoms with van der Waals surface area (Å²) >= 11 is 0. The van der Waals surface area contributed by atoms with Crippen molar-refractivity contribution in [3.8, 4) is 11.1 Å². The maximum atomic E-state index is 13.0. The van der Waals surface area contributed by atoms with Crippen molar-refractivity contribution in [1.29, 1.82) is 0 Å². The highest BCUT2D eigenvalue weighted by Gasteiger charge is 2.28. The van der Waals surface area contributed by atoms with Crippen molar-refractivity contribution >= 4 is 40.8 Å². The molecule has 1 aromatic heterocycles. The van der Waals surface area contributed by atoms with Crippen LogP contribution in [0.1, 0.15) is 56.2 Å². The van der Waals surface area contributed by atoms with Gasteiger partial charge in [-0.2, -0.15) is 0 Å². The fraction of sp³-hybridized carbons (Fsp3) is 0.129. The third-order valence-electron chi connectivity index (χ3n) is 6.99. The molecule has 0 fully saturated rings. The first-order valence-electron chi connectivity index (χ1n) is 12.5. The van der Waals surface area contributed by atoms with Crippen LogP contribution in [0.3, 0.4) is 0 Å². The van der Waals surface area contributed by atoms with Crippen LogP contribution < -0.4 is 10.6 Å². The number of carbonyl (C=O) groups is 3. The van der Waals surface area contributed by atoms with E-state index in [0.29, 0.717) is 33.8 Å². The van der Waals surface area contributed by atoms with Gasteiger partial charge >= 0.3 is 5.97 Å². The van der Waals surface area contributed by atoms with E-state index in [0.717, 1.165) is 42.6 Å². The summed E-state index contributed by atoms with van der Waals surface area (Å²) in [4.78, 5) is 36.9. The van der Waals surface area contributed by atoms with Crippen LogP contribution in [0.4, 0.5) is 11.4 Å². The molecule has 38 heavy (non-hydrogen) atoms. The number of aromatic carboxylic acids is 1. The van der Waals surface area contributed by atoms with Gasteiger partial charge in [0.1, 0.15) is 11.5 Å². The van der Waals surface area contributed by atoms with Crippen molar-refractivity contribution in [3.05, 3.63) is 107 Å². The lowest BCUT2D eigenvalue weighted by Crippen LogP contribution is -2.12. The fourth-order valence-corrected chi connectivity index (χ4v) is 5.12. The zero-order valence-corrected chi connectivity index (χ0v) is 20.4. The molecule has 1 aliphatic carbocycles. The van der Waals surface area contributed by atoms with Gasteiger partial charge in [0.15, 0.2) is 0 Å². The second-order valence-electron chi connectivity index (χ2n) is 9.43. The number of rotatable bonds is 5. The van der Waals surface area contributed by atoms with Crippen molar-refractivity contribution in [2.75, 3.05) is 10.6 Å². The summed E-state index contributed by atoms with van der Waals surface area (Å²) in [6.07, 6.45) is 5.81. The Balaban J connectivity index is 1.35. The summed E-state index contributed by atoms with van der Waals surface area (Å²) < 4.78 is 6.33. The molecule has 7 nitrogen and oxygen atoms in total. The number of carboxylic acids is 1. The van der Waals surface area contributed by atoms with Gasteiger partial charge in [-0.25, -0.2) is 4.79 Å². The number of carbonyl (C=O) groups excluding carboxylic acids is 2. The normalized spacial score (nSPS) is 15.1. The summed E-state index contributed by atoms with van der Waals surface area (Å²) in [5.41, 5.74) is 6.03. The predicted molar refractivity (Wildman–Crippen MR) is 145 cm³/mol. The second kappa shape index (κ2) is 9.52. The maximum Gasteiger partial charge on any atom is 0.335 e. The topological polar surface area (TPSA) is 109 Å². The molecule has 2 heterocycles. The number of carboxylic acid groups (broad SMARTS) is 1. The summed E-state index contributed by atoms with van der Waals surface area (Å²) in [6, 6.07) is 21.0. The minimum atomic E-state index is -1.06. The lowest BCUT2D eigenvalue weighted by molar-refractivity contribution is -0.110. The Kier molecular flexibility index (Phi) is 5.88. The summed E-state index contributed by atoms with van der Waals surface area (Å²) in [7, 11) is 0. The standard InChI is InChI=1S/C31H24N2O5/c34-29(19-10-12-20(13-11-19)31(36)37)32-21-14-15-25-23(16-21)24(30(35)33-25)17-27-28(18-6-2-1-3-7-18)22-8-4-5-9-26(22)38-27/h1-3,6-7,10-17H,4-5,8-9H2,(H,32,34)(H,33,35)(H,36,37). The Labute approximate surface area is 218 Å². The second-order valence-corrected chi connectivity index (χ2v) is 9.43. The van der Waals surface area contributed by atoms with Gasteiger partial charge in [-0.1, -0.05) is 30.3 Å². The van der Waals surface area contributed by atoms with Gasteiger partial charge in [-0.15, -0.1) is 0 Å². The molecule has 4 aromatic rings. The Morgan fingerprint density at radius 3 is 2.42 bits per heavy atom. The van der Waals surface area contributed by atoms with E-state index in [1.165, 1.54) is 29.8 Å². The molecule has 0 unspecified atom stereocenters. The SMILES string of the molecule is O=C1Nc2ccc(NC(=O)c3ccc(C(=O)O)cc3)cc2C1=Cc1oc2c(c1-c1ccccc1)CCCC2. The molecule has 3 aromatic carbocycles. The lowest BCUT2D eigenvalue weighted by Gasteiger charge is -2.11. The van der Waals surface area contributed by atoms with Gasteiger partial charge in [0.05, 0.1) is 11.1 Å². The lowest BCUT2D eigenvalue weighted by atomic mass is 9.91. The van der Waals surface area contributed by atoms with Gasteiger partial charge in [0.25, 0.3) is 11.8 Å². The predicted octanol–water partition coefficient (Wildman–Crippen LogP) is 6.27. The van der Waals surface area contributed by atoms with Crippen molar-refractivity contribution in [3.63, 3.8) is 0 Å². The molecule has 0 atom stereocenters. The molecular weight excluding hydrogens is 480 g/mol. The average Bonchev–Trinajstić information content (AvgIpc) is 3.46. The van der Waals surface area contributed by atoms with Gasteiger partial charge in [-0.3, -0.25) is 9.59 Å². The molecular formula is C31H24N2O5. The Morgan fingerprint density at radius 1 is 0.921 bits per heavy atom. The number of nitrogens with one attached hydrogen (secondary N) is 2. The van der Waals surface area contributed by atoms with Crippen molar-refractivity contribution in [2.24, 2.45) is 0 Å². The Bertz CT molecular complexity index is 1610. The number of benzene rings is 3. The molecule has 7 heteroatoms. The van der Waals surface area contributed by atoms with Crippen LogP contribution in [0.2, 0.25) is 0 Å². The van der Waals surface area contributed by atoms with E-state index in [2.05, 4.69) is 22.8 Å². The first-order chi connectivity index (χ1) is 18.5. The zero-order valence-electron chi connectivity index (χ0n) is 20.4. The fourth-order valence-electron chi connectivity index (χ4n) is 5.12. The maximum absolute atomic E-state index is 13.0. The van der Waals surface area contributed by atoms with Gasteiger partial charge in [0, 0.05) is 40.0 Å². The molecule has 3 N–H and O–H groups in total. The van der Waals surface area contributed by atoms with E-state index in [1.807, 2.05) is 18.2 Å². The van der Waals surface area contributed by atoms with Crippen molar-refractivity contribution in [1.82, 2.24) is 0 Å². The molecule has 1 aliphatic heterocycles. The molecule has 6 rings (SSSR count).